The standard InChI is InChI=1S/C23H25ClN2O3S/c1-14(2)29-17-9-7-16(8-10-17)22(27)26(13-18-5-4-12-28-18)23-25-20-15(3)6-11-19(24)21(20)30-23/h6-11,14,18H,4-5,12-13H2,1-3H3. The highest BCUT2D eigenvalue weighted by molar-refractivity contribution is 7.23. The summed E-state index contributed by atoms with van der Waals surface area (Å²) in [6, 6.07) is 11.1. The molecule has 4 rings (SSSR count). The van der Waals surface area contributed by atoms with Crippen molar-refractivity contribution in [3.63, 3.8) is 0 Å². The van der Waals surface area contributed by atoms with Crippen molar-refractivity contribution in [2.75, 3.05) is 18.1 Å². The predicted octanol–water partition coefficient (Wildman–Crippen LogP) is 5.87. The molecule has 1 amide bonds. The molecule has 1 fully saturated rings. The van der Waals surface area contributed by atoms with Gasteiger partial charge in [-0.15, -0.1) is 0 Å². The smallest absolute Gasteiger partial charge is 0.260 e. The molecule has 7 heteroatoms. The van der Waals surface area contributed by atoms with E-state index in [0.717, 1.165) is 41.0 Å². The summed E-state index contributed by atoms with van der Waals surface area (Å²) in [5, 5.41) is 1.29. The Morgan fingerprint density at radius 1 is 1.30 bits per heavy atom. The fraction of sp³-hybridized carbons (Fsp3) is 0.391. The van der Waals surface area contributed by atoms with Gasteiger partial charge in [0.1, 0.15) is 5.75 Å². The van der Waals surface area contributed by atoms with Crippen molar-refractivity contribution in [2.24, 2.45) is 0 Å². The van der Waals surface area contributed by atoms with Crippen molar-refractivity contribution in [3.05, 3.63) is 52.5 Å². The number of thiazole rings is 1. The van der Waals surface area contributed by atoms with Crippen LogP contribution in [-0.2, 0) is 4.74 Å². The molecule has 1 aromatic heterocycles. The zero-order valence-corrected chi connectivity index (χ0v) is 18.9. The van der Waals surface area contributed by atoms with Gasteiger partial charge in [0, 0.05) is 12.2 Å². The van der Waals surface area contributed by atoms with Crippen molar-refractivity contribution in [1.29, 1.82) is 0 Å². The Kier molecular flexibility index (Phi) is 6.27. The Balaban J connectivity index is 1.68. The Labute approximate surface area is 185 Å². The average molecular weight is 445 g/mol. The van der Waals surface area contributed by atoms with E-state index >= 15 is 0 Å². The van der Waals surface area contributed by atoms with E-state index in [1.807, 2.05) is 45.0 Å². The third kappa shape index (κ3) is 4.46. The number of anilines is 1. The number of halogens is 1. The number of benzene rings is 2. The van der Waals surface area contributed by atoms with Gasteiger partial charge in [0.25, 0.3) is 5.91 Å². The maximum Gasteiger partial charge on any atom is 0.260 e. The van der Waals surface area contributed by atoms with Crippen molar-refractivity contribution in [3.8, 4) is 5.75 Å². The van der Waals surface area contributed by atoms with Gasteiger partial charge in [0.05, 0.1) is 34.0 Å². The molecule has 0 N–H and O–H groups in total. The fourth-order valence-corrected chi connectivity index (χ4v) is 4.87. The lowest BCUT2D eigenvalue weighted by atomic mass is 10.1. The number of ether oxygens (including phenoxy) is 2. The van der Waals surface area contributed by atoms with Crippen LogP contribution in [0.15, 0.2) is 36.4 Å². The Bertz CT molecular complexity index is 1000. The summed E-state index contributed by atoms with van der Waals surface area (Å²) >= 11 is 7.85. The summed E-state index contributed by atoms with van der Waals surface area (Å²) in [4.78, 5) is 20.0. The SMILES string of the molecule is Cc1ccc(Cl)c2sc(N(CC3CCCO3)C(=O)c3ccc(OC(C)C)cc3)nc12. The van der Waals surface area contributed by atoms with E-state index in [-0.39, 0.29) is 18.1 Å². The highest BCUT2D eigenvalue weighted by Crippen LogP contribution is 2.36. The van der Waals surface area contributed by atoms with Gasteiger partial charge in [-0.3, -0.25) is 9.69 Å². The van der Waals surface area contributed by atoms with Crippen molar-refractivity contribution < 1.29 is 14.3 Å². The molecule has 0 aliphatic carbocycles. The number of aromatic nitrogens is 1. The van der Waals surface area contributed by atoms with E-state index in [0.29, 0.717) is 22.3 Å². The van der Waals surface area contributed by atoms with Gasteiger partial charge < -0.3 is 9.47 Å². The molecule has 0 spiro atoms. The molecule has 30 heavy (non-hydrogen) atoms. The summed E-state index contributed by atoms with van der Waals surface area (Å²) in [5.41, 5.74) is 2.47. The van der Waals surface area contributed by atoms with Gasteiger partial charge in [-0.2, -0.15) is 0 Å². The molecular weight excluding hydrogens is 420 g/mol. The summed E-state index contributed by atoms with van der Waals surface area (Å²) in [5.74, 6) is 0.643. The lowest BCUT2D eigenvalue weighted by molar-refractivity contribution is 0.0917. The zero-order valence-electron chi connectivity index (χ0n) is 17.4. The molecule has 1 unspecified atom stereocenters. The van der Waals surface area contributed by atoms with Gasteiger partial charge in [0.15, 0.2) is 5.13 Å². The highest BCUT2D eigenvalue weighted by atomic mass is 35.5. The van der Waals surface area contributed by atoms with E-state index in [9.17, 15) is 4.79 Å². The van der Waals surface area contributed by atoms with Crippen LogP contribution in [0.3, 0.4) is 0 Å². The van der Waals surface area contributed by atoms with Crippen LogP contribution in [0.2, 0.25) is 5.02 Å². The third-order valence-electron chi connectivity index (χ3n) is 5.05. The molecule has 3 aromatic rings. The molecule has 1 saturated heterocycles. The number of aryl methyl sites for hydroxylation is 1. The van der Waals surface area contributed by atoms with Crippen molar-refractivity contribution >= 4 is 44.2 Å². The van der Waals surface area contributed by atoms with Crippen LogP contribution in [0, 0.1) is 6.92 Å². The van der Waals surface area contributed by atoms with E-state index in [4.69, 9.17) is 26.1 Å². The zero-order chi connectivity index (χ0) is 21.3. The first-order valence-corrected chi connectivity index (χ1v) is 11.4. The van der Waals surface area contributed by atoms with Crippen LogP contribution >= 0.6 is 22.9 Å². The van der Waals surface area contributed by atoms with Gasteiger partial charge >= 0.3 is 0 Å². The molecule has 0 saturated carbocycles. The minimum atomic E-state index is -0.102. The second kappa shape index (κ2) is 8.92. The molecule has 1 atom stereocenters. The number of hydrogen-bond donors (Lipinski definition) is 0. The van der Waals surface area contributed by atoms with Crippen LogP contribution < -0.4 is 9.64 Å². The number of rotatable bonds is 6. The summed E-state index contributed by atoms with van der Waals surface area (Å²) < 4.78 is 12.4. The minimum absolute atomic E-state index is 0.0149. The van der Waals surface area contributed by atoms with E-state index in [1.54, 1.807) is 17.0 Å². The molecule has 158 valence electrons. The van der Waals surface area contributed by atoms with Gasteiger partial charge in [-0.05, 0) is 69.5 Å². The molecule has 5 nitrogen and oxygen atoms in total. The van der Waals surface area contributed by atoms with Crippen LogP contribution in [0.4, 0.5) is 5.13 Å². The Morgan fingerprint density at radius 2 is 2.07 bits per heavy atom. The number of amides is 1. The number of carbonyl (C=O) groups excluding carboxylic acids is 1. The predicted molar refractivity (Wildman–Crippen MR) is 122 cm³/mol. The van der Waals surface area contributed by atoms with Gasteiger partial charge in [-0.25, -0.2) is 4.98 Å². The monoisotopic (exact) mass is 444 g/mol. The molecule has 1 aliphatic rings. The minimum Gasteiger partial charge on any atom is -0.491 e. The first kappa shape index (κ1) is 21.1. The summed E-state index contributed by atoms with van der Waals surface area (Å²) in [6.45, 7) is 7.16. The van der Waals surface area contributed by atoms with Crippen LogP contribution in [0.5, 0.6) is 5.75 Å². The Hall–Kier alpha value is -2.15. The Morgan fingerprint density at radius 3 is 2.70 bits per heavy atom. The quantitative estimate of drug-likeness (QED) is 0.477. The molecule has 1 aliphatic heterocycles. The van der Waals surface area contributed by atoms with Crippen molar-refractivity contribution in [1.82, 2.24) is 4.98 Å². The molecule has 0 bridgehead atoms. The number of carbonyl (C=O) groups is 1. The van der Waals surface area contributed by atoms with Crippen LogP contribution in [-0.4, -0.2) is 36.3 Å². The van der Waals surface area contributed by atoms with Gasteiger partial charge in [-0.1, -0.05) is 29.0 Å². The van der Waals surface area contributed by atoms with Crippen molar-refractivity contribution in [2.45, 2.75) is 45.8 Å². The maximum absolute atomic E-state index is 13.5. The second-order valence-electron chi connectivity index (χ2n) is 7.78. The molecule has 0 radical (unpaired) electrons. The summed E-state index contributed by atoms with van der Waals surface area (Å²) in [6.07, 6.45) is 2.05. The molecule has 2 heterocycles. The second-order valence-corrected chi connectivity index (χ2v) is 9.16. The first-order chi connectivity index (χ1) is 14.4. The third-order valence-corrected chi connectivity index (χ3v) is 6.58. The lowest BCUT2D eigenvalue weighted by Gasteiger charge is -2.23. The summed E-state index contributed by atoms with van der Waals surface area (Å²) in [7, 11) is 0. The van der Waals surface area contributed by atoms with E-state index in [2.05, 4.69) is 0 Å². The lowest BCUT2D eigenvalue weighted by Crippen LogP contribution is -2.37. The van der Waals surface area contributed by atoms with Crippen LogP contribution in [0.1, 0.15) is 42.6 Å². The number of fused-ring (bicyclic) bond motifs is 1. The topological polar surface area (TPSA) is 51.7 Å². The first-order valence-electron chi connectivity index (χ1n) is 10.2. The average Bonchev–Trinajstić information content (AvgIpc) is 3.39. The largest absolute Gasteiger partial charge is 0.491 e. The fourth-order valence-electron chi connectivity index (χ4n) is 3.55. The maximum atomic E-state index is 13.5. The van der Waals surface area contributed by atoms with Gasteiger partial charge in [0.2, 0.25) is 0 Å². The van der Waals surface area contributed by atoms with E-state index in [1.165, 1.54) is 11.3 Å². The molecular formula is C23H25ClN2O3S. The number of hydrogen-bond acceptors (Lipinski definition) is 5. The van der Waals surface area contributed by atoms with Crippen LogP contribution in [0.25, 0.3) is 10.2 Å². The van der Waals surface area contributed by atoms with E-state index < -0.39 is 0 Å². The normalized spacial score (nSPS) is 16.4. The number of nitrogens with zero attached hydrogens (tertiary/aromatic N) is 2. The highest BCUT2D eigenvalue weighted by Gasteiger charge is 2.27. The molecule has 2 aromatic carbocycles.